The molecule has 1 amide bonds. The van der Waals surface area contributed by atoms with Gasteiger partial charge >= 0.3 is 6.09 Å². The minimum Gasteiger partial charge on any atom is -0.444 e. The summed E-state index contributed by atoms with van der Waals surface area (Å²) in [6, 6.07) is 0.600. The Balaban J connectivity index is 2.14. The summed E-state index contributed by atoms with van der Waals surface area (Å²) in [4.78, 5) is 11.5. The van der Waals surface area contributed by atoms with Crippen molar-refractivity contribution in [2.24, 2.45) is 5.92 Å². The molecule has 2 unspecified atom stereocenters. The summed E-state index contributed by atoms with van der Waals surface area (Å²) in [5.41, 5.74) is -0.423. The molecule has 19 heavy (non-hydrogen) atoms. The largest absolute Gasteiger partial charge is 0.444 e. The minimum atomic E-state index is -0.423. The molecule has 112 valence electrons. The van der Waals surface area contributed by atoms with E-state index in [4.69, 9.17) is 4.74 Å². The van der Waals surface area contributed by atoms with E-state index in [0.717, 1.165) is 12.5 Å². The van der Waals surface area contributed by atoms with Crippen LogP contribution in [0.1, 0.15) is 59.8 Å². The topological polar surface area (TPSA) is 50.4 Å². The van der Waals surface area contributed by atoms with Gasteiger partial charge in [-0.25, -0.2) is 4.79 Å². The van der Waals surface area contributed by atoms with Gasteiger partial charge in [-0.05, 0) is 39.5 Å². The first-order chi connectivity index (χ1) is 8.88. The molecule has 0 radical (unpaired) electrons. The zero-order valence-electron chi connectivity index (χ0n) is 12.9. The summed E-state index contributed by atoms with van der Waals surface area (Å²) < 4.78 is 5.19. The third-order valence-electron chi connectivity index (χ3n) is 3.56. The Morgan fingerprint density at radius 1 is 1.16 bits per heavy atom. The fourth-order valence-corrected chi connectivity index (χ4v) is 2.53. The van der Waals surface area contributed by atoms with Gasteiger partial charge < -0.3 is 15.4 Å². The predicted molar refractivity (Wildman–Crippen MR) is 78.3 cm³/mol. The third-order valence-corrected chi connectivity index (χ3v) is 3.56. The van der Waals surface area contributed by atoms with Crippen molar-refractivity contribution in [3.05, 3.63) is 0 Å². The second kappa shape index (κ2) is 7.73. The molecule has 1 aliphatic rings. The van der Waals surface area contributed by atoms with Crippen LogP contribution in [0.15, 0.2) is 0 Å². The molecule has 0 bridgehead atoms. The Hall–Kier alpha value is -0.770. The van der Waals surface area contributed by atoms with Crippen molar-refractivity contribution in [2.45, 2.75) is 71.4 Å². The average Bonchev–Trinajstić information content (AvgIpc) is 2.47. The Morgan fingerprint density at radius 2 is 1.84 bits per heavy atom. The predicted octanol–water partition coefficient (Wildman–Crippen LogP) is 3.07. The molecule has 0 aromatic heterocycles. The van der Waals surface area contributed by atoms with Gasteiger partial charge in [0.05, 0.1) is 0 Å². The highest BCUT2D eigenvalue weighted by Crippen LogP contribution is 2.22. The summed E-state index contributed by atoms with van der Waals surface area (Å²) in [5.74, 6) is 0.740. The van der Waals surface area contributed by atoms with Gasteiger partial charge in [-0.15, -0.1) is 0 Å². The van der Waals surface area contributed by atoms with E-state index in [1.165, 1.54) is 32.1 Å². The van der Waals surface area contributed by atoms with Crippen LogP contribution in [0.25, 0.3) is 0 Å². The number of hydrogen-bond acceptors (Lipinski definition) is 3. The zero-order chi connectivity index (χ0) is 14.3. The molecular formula is C15H30N2O2. The molecule has 4 heteroatoms. The molecule has 1 aliphatic carbocycles. The number of amides is 1. The SMILES string of the molecule is CC1CCCCCC1NCCNC(=O)OC(C)(C)C. The van der Waals surface area contributed by atoms with Gasteiger partial charge in [0, 0.05) is 19.1 Å². The first-order valence-corrected chi connectivity index (χ1v) is 7.59. The van der Waals surface area contributed by atoms with Crippen LogP contribution in [-0.2, 0) is 4.74 Å². The highest BCUT2D eigenvalue weighted by molar-refractivity contribution is 5.67. The number of carbonyl (C=O) groups is 1. The Bertz CT molecular complexity index is 274. The number of ether oxygens (including phenoxy) is 1. The molecule has 0 heterocycles. The fourth-order valence-electron chi connectivity index (χ4n) is 2.53. The van der Waals surface area contributed by atoms with Crippen molar-refractivity contribution in [3.63, 3.8) is 0 Å². The maximum Gasteiger partial charge on any atom is 0.407 e. The van der Waals surface area contributed by atoms with Crippen LogP contribution in [0.4, 0.5) is 4.79 Å². The molecule has 2 N–H and O–H groups in total. The van der Waals surface area contributed by atoms with Crippen LogP contribution in [0, 0.1) is 5.92 Å². The maximum absolute atomic E-state index is 11.5. The molecule has 1 rings (SSSR count). The number of nitrogens with one attached hydrogen (secondary N) is 2. The molecule has 0 spiro atoms. The van der Waals surface area contributed by atoms with Crippen LogP contribution in [0.2, 0.25) is 0 Å². The van der Waals surface area contributed by atoms with Crippen molar-refractivity contribution >= 4 is 6.09 Å². The van der Waals surface area contributed by atoms with E-state index in [2.05, 4.69) is 17.6 Å². The first kappa shape index (κ1) is 16.3. The quantitative estimate of drug-likeness (QED) is 0.610. The lowest BCUT2D eigenvalue weighted by Gasteiger charge is -2.23. The minimum absolute atomic E-state index is 0.330. The lowest BCUT2D eigenvalue weighted by Crippen LogP contribution is -2.41. The summed E-state index contributed by atoms with van der Waals surface area (Å²) in [6.45, 7) is 9.38. The van der Waals surface area contributed by atoms with Crippen LogP contribution >= 0.6 is 0 Å². The molecule has 2 atom stereocenters. The van der Waals surface area contributed by atoms with Crippen molar-refractivity contribution in [2.75, 3.05) is 13.1 Å². The average molecular weight is 270 g/mol. The molecule has 0 aromatic rings. The van der Waals surface area contributed by atoms with Crippen molar-refractivity contribution in [1.82, 2.24) is 10.6 Å². The number of alkyl carbamates (subject to hydrolysis) is 1. The highest BCUT2D eigenvalue weighted by Gasteiger charge is 2.19. The summed E-state index contributed by atoms with van der Waals surface area (Å²) in [6.07, 6.45) is 6.28. The molecule has 0 aliphatic heterocycles. The molecular weight excluding hydrogens is 240 g/mol. The lowest BCUT2D eigenvalue weighted by atomic mass is 9.97. The fraction of sp³-hybridized carbons (Fsp3) is 0.933. The maximum atomic E-state index is 11.5. The Labute approximate surface area is 117 Å². The Kier molecular flexibility index (Phi) is 6.63. The van der Waals surface area contributed by atoms with Gasteiger partial charge in [-0.1, -0.05) is 26.2 Å². The highest BCUT2D eigenvalue weighted by atomic mass is 16.6. The number of rotatable bonds is 4. The molecule has 1 fully saturated rings. The van der Waals surface area contributed by atoms with Gasteiger partial charge in [0.15, 0.2) is 0 Å². The second-order valence-electron chi connectivity index (χ2n) is 6.60. The van der Waals surface area contributed by atoms with Gasteiger partial charge in [0.1, 0.15) is 5.60 Å². The molecule has 1 saturated carbocycles. The van der Waals surface area contributed by atoms with Gasteiger partial charge in [0.25, 0.3) is 0 Å². The standard InChI is InChI=1S/C15H30N2O2/c1-12-8-6-5-7-9-13(12)16-10-11-17-14(18)19-15(2,3)4/h12-13,16H,5-11H2,1-4H3,(H,17,18). The smallest absolute Gasteiger partial charge is 0.407 e. The molecule has 0 saturated heterocycles. The van der Waals surface area contributed by atoms with Crippen molar-refractivity contribution in [1.29, 1.82) is 0 Å². The molecule has 0 aromatic carbocycles. The first-order valence-electron chi connectivity index (χ1n) is 7.59. The van der Waals surface area contributed by atoms with E-state index >= 15 is 0 Å². The van der Waals surface area contributed by atoms with Crippen LogP contribution in [-0.4, -0.2) is 30.8 Å². The van der Waals surface area contributed by atoms with E-state index in [1.807, 2.05) is 20.8 Å². The van der Waals surface area contributed by atoms with Crippen molar-refractivity contribution in [3.8, 4) is 0 Å². The zero-order valence-corrected chi connectivity index (χ0v) is 12.9. The van der Waals surface area contributed by atoms with E-state index in [-0.39, 0.29) is 6.09 Å². The van der Waals surface area contributed by atoms with Crippen molar-refractivity contribution < 1.29 is 9.53 Å². The molecule has 4 nitrogen and oxygen atoms in total. The monoisotopic (exact) mass is 270 g/mol. The van der Waals surface area contributed by atoms with Gasteiger partial charge in [0.2, 0.25) is 0 Å². The third kappa shape index (κ3) is 7.41. The van der Waals surface area contributed by atoms with Crippen LogP contribution < -0.4 is 10.6 Å². The number of hydrogen-bond donors (Lipinski definition) is 2. The summed E-state index contributed by atoms with van der Waals surface area (Å²) in [7, 11) is 0. The summed E-state index contributed by atoms with van der Waals surface area (Å²) >= 11 is 0. The Morgan fingerprint density at radius 3 is 2.53 bits per heavy atom. The second-order valence-corrected chi connectivity index (χ2v) is 6.60. The summed E-state index contributed by atoms with van der Waals surface area (Å²) in [5, 5.41) is 6.34. The van der Waals surface area contributed by atoms with Crippen LogP contribution in [0.5, 0.6) is 0 Å². The van der Waals surface area contributed by atoms with E-state index in [9.17, 15) is 4.79 Å². The van der Waals surface area contributed by atoms with E-state index < -0.39 is 5.60 Å². The van der Waals surface area contributed by atoms with E-state index in [0.29, 0.717) is 12.6 Å². The number of carbonyl (C=O) groups excluding carboxylic acids is 1. The normalized spacial score (nSPS) is 24.6. The lowest BCUT2D eigenvalue weighted by molar-refractivity contribution is 0.0527. The van der Waals surface area contributed by atoms with Crippen LogP contribution in [0.3, 0.4) is 0 Å². The van der Waals surface area contributed by atoms with E-state index in [1.54, 1.807) is 0 Å². The van der Waals surface area contributed by atoms with Gasteiger partial charge in [-0.3, -0.25) is 0 Å². The van der Waals surface area contributed by atoms with Gasteiger partial charge in [-0.2, -0.15) is 0 Å².